The first-order valence-corrected chi connectivity index (χ1v) is 12.5. The van der Waals surface area contributed by atoms with Crippen molar-refractivity contribution >= 4 is 39.0 Å². The second-order valence-corrected chi connectivity index (χ2v) is 9.95. The van der Waals surface area contributed by atoms with Gasteiger partial charge in [-0.1, -0.05) is 29.8 Å². The van der Waals surface area contributed by atoms with Gasteiger partial charge in [-0.15, -0.1) is 0 Å². The third kappa shape index (κ3) is 6.25. The third-order valence-corrected chi connectivity index (χ3v) is 7.10. The van der Waals surface area contributed by atoms with E-state index < -0.39 is 10.0 Å². The molecule has 0 aliphatic carbocycles. The van der Waals surface area contributed by atoms with E-state index in [1.807, 2.05) is 0 Å². The number of aryl methyl sites for hydroxylation is 1. The van der Waals surface area contributed by atoms with Crippen LogP contribution in [0.3, 0.4) is 0 Å². The summed E-state index contributed by atoms with van der Waals surface area (Å²) in [5.74, 6) is 0.0300. The summed E-state index contributed by atoms with van der Waals surface area (Å²) < 4.78 is 27.4. The van der Waals surface area contributed by atoms with Crippen LogP contribution in [0, 0.1) is 6.92 Å². The minimum Gasteiger partial charge on any atom is -0.346 e. The van der Waals surface area contributed by atoms with Crippen LogP contribution in [0.25, 0.3) is 0 Å². The zero-order valence-electron chi connectivity index (χ0n) is 18.3. The highest BCUT2D eigenvalue weighted by Crippen LogP contribution is 2.17. The summed E-state index contributed by atoms with van der Waals surface area (Å²) in [5.41, 5.74) is 3.32. The molecule has 1 fully saturated rings. The molecule has 1 saturated heterocycles. The summed E-state index contributed by atoms with van der Waals surface area (Å²) in [6.07, 6.45) is 2.95. The van der Waals surface area contributed by atoms with Crippen LogP contribution in [0.5, 0.6) is 0 Å². The van der Waals surface area contributed by atoms with Gasteiger partial charge in [0.25, 0.3) is 10.0 Å². The van der Waals surface area contributed by atoms with Crippen molar-refractivity contribution in [2.24, 2.45) is 0 Å². The summed E-state index contributed by atoms with van der Waals surface area (Å²) in [7, 11) is -3.77. The molecule has 0 amide bonds. The average Bonchev–Trinajstić information content (AvgIpc) is 2.82. The van der Waals surface area contributed by atoms with Crippen LogP contribution < -0.4 is 10.0 Å². The first kappa shape index (κ1) is 23.1. The molecule has 172 valence electrons. The fourth-order valence-corrected chi connectivity index (χ4v) is 4.77. The van der Waals surface area contributed by atoms with Crippen LogP contribution >= 0.6 is 12.2 Å². The first-order valence-electron chi connectivity index (χ1n) is 10.6. The lowest BCUT2D eigenvalue weighted by Gasteiger charge is -2.36. The van der Waals surface area contributed by atoms with Crippen molar-refractivity contribution in [3.63, 3.8) is 0 Å². The van der Waals surface area contributed by atoms with Gasteiger partial charge in [0, 0.05) is 50.8 Å². The van der Waals surface area contributed by atoms with Gasteiger partial charge in [0.2, 0.25) is 5.95 Å². The monoisotopic (exact) mass is 482 g/mol. The summed E-state index contributed by atoms with van der Waals surface area (Å²) in [4.78, 5) is 12.5. The molecule has 0 spiro atoms. The normalized spacial score (nSPS) is 14.6. The first-order chi connectivity index (χ1) is 15.9. The Morgan fingerprint density at radius 1 is 0.970 bits per heavy atom. The molecular weight excluding hydrogens is 456 g/mol. The van der Waals surface area contributed by atoms with E-state index in [9.17, 15) is 8.42 Å². The van der Waals surface area contributed by atoms with Crippen molar-refractivity contribution in [1.82, 2.24) is 19.8 Å². The fraction of sp³-hybridized carbons (Fsp3) is 0.261. The highest BCUT2D eigenvalue weighted by molar-refractivity contribution is 7.92. The largest absolute Gasteiger partial charge is 0.346 e. The molecule has 0 bridgehead atoms. The maximum atomic E-state index is 12.5. The Balaban J connectivity index is 1.28. The molecule has 4 rings (SSSR count). The molecule has 0 atom stereocenters. The van der Waals surface area contributed by atoms with Crippen LogP contribution in [0.15, 0.2) is 71.9 Å². The SMILES string of the molecule is Cc1ccc(CN2CCN(C(=S)Nc3ccc(S(=O)(=O)Nc4ncccn4)cc3)CC2)cc1. The molecule has 2 heterocycles. The zero-order valence-corrected chi connectivity index (χ0v) is 19.9. The number of anilines is 2. The summed E-state index contributed by atoms with van der Waals surface area (Å²) in [5, 5.41) is 3.85. The lowest BCUT2D eigenvalue weighted by molar-refractivity contribution is 0.177. The molecule has 10 heteroatoms. The molecule has 2 aromatic carbocycles. The maximum Gasteiger partial charge on any atom is 0.264 e. The Labute approximate surface area is 199 Å². The Kier molecular flexibility index (Phi) is 7.17. The number of nitrogens with zero attached hydrogens (tertiary/aromatic N) is 4. The van der Waals surface area contributed by atoms with Gasteiger partial charge in [-0.25, -0.2) is 23.1 Å². The summed E-state index contributed by atoms with van der Waals surface area (Å²) >= 11 is 5.58. The molecule has 3 aromatic rings. The predicted octanol–water partition coefficient (Wildman–Crippen LogP) is 3.10. The zero-order chi connectivity index (χ0) is 23.3. The van der Waals surface area contributed by atoms with Gasteiger partial charge >= 0.3 is 0 Å². The van der Waals surface area contributed by atoms with Gasteiger partial charge in [-0.3, -0.25) is 4.90 Å². The minimum absolute atomic E-state index is 0.0300. The molecule has 0 saturated carbocycles. The van der Waals surface area contributed by atoms with Gasteiger partial charge in [-0.2, -0.15) is 0 Å². The fourth-order valence-electron chi connectivity index (χ4n) is 3.51. The summed E-state index contributed by atoms with van der Waals surface area (Å²) in [6, 6.07) is 16.7. The number of hydrogen-bond acceptors (Lipinski definition) is 6. The van der Waals surface area contributed by atoms with Crippen molar-refractivity contribution < 1.29 is 8.42 Å². The van der Waals surface area contributed by atoms with Gasteiger partial charge in [0.05, 0.1) is 4.90 Å². The molecule has 8 nitrogen and oxygen atoms in total. The number of rotatable bonds is 6. The Bertz CT molecular complexity index is 1180. The molecule has 33 heavy (non-hydrogen) atoms. The molecule has 1 aliphatic heterocycles. The van der Waals surface area contributed by atoms with E-state index in [1.165, 1.54) is 35.7 Å². The van der Waals surface area contributed by atoms with E-state index in [0.29, 0.717) is 5.11 Å². The van der Waals surface area contributed by atoms with Crippen molar-refractivity contribution in [3.05, 3.63) is 78.1 Å². The molecule has 0 radical (unpaired) electrons. The second kappa shape index (κ2) is 10.2. The summed E-state index contributed by atoms with van der Waals surface area (Å²) in [6.45, 7) is 6.57. The van der Waals surface area contributed by atoms with Crippen molar-refractivity contribution in [1.29, 1.82) is 0 Å². The topological polar surface area (TPSA) is 90.5 Å². The quantitative estimate of drug-likeness (QED) is 0.518. The van der Waals surface area contributed by atoms with E-state index >= 15 is 0 Å². The molecule has 1 aromatic heterocycles. The standard InChI is InChI=1S/C23H26N6O2S2/c1-18-3-5-19(6-4-18)17-28-13-15-29(16-14-28)23(32)26-20-7-9-21(10-8-20)33(30,31)27-22-24-11-2-12-25-22/h2-12H,13-17H2,1H3,(H,26,32)(H,24,25,27). The third-order valence-electron chi connectivity index (χ3n) is 5.39. The number of benzene rings is 2. The number of nitrogens with one attached hydrogen (secondary N) is 2. The Hall–Kier alpha value is -3.08. The van der Waals surface area contributed by atoms with Crippen LogP contribution in [0.4, 0.5) is 11.6 Å². The van der Waals surface area contributed by atoms with Gasteiger partial charge in [0.15, 0.2) is 5.11 Å². The lowest BCUT2D eigenvalue weighted by Crippen LogP contribution is -2.49. The van der Waals surface area contributed by atoms with Crippen LogP contribution in [-0.2, 0) is 16.6 Å². The number of sulfonamides is 1. The maximum absolute atomic E-state index is 12.5. The van der Waals surface area contributed by atoms with E-state index in [-0.39, 0.29) is 10.8 Å². The average molecular weight is 483 g/mol. The Morgan fingerprint density at radius 2 is 1.61 bits per heavy atom. The number of piperazine rings is 1. The van der Waals surface area contributed by atoms with E-state index in [2.05, 4.69) is 61.0 Å². The van der Waals surface area contributed by atoms with Crippen LogP contribution in [-0.4, -0.2) is 59.5 Å². The molecule has 0 unspecified atom stereocenters. The highest BCUT2D eigenvalue weighted by atomic mass is 32.2. The van der Waals surface area contributed by atoms with E-state index in [0.717, 1.165) is 38.4 Å². The number of thiocarbonyl (C=S) groups is 1. The van der Waals surface area contributed by atoms with Crippen molar-refractivity contribution in [2.75, 3.05) is 36.2 Å². The van der Waals surface area contributed by atoms with Gasteiger partial charge < -0.3 is 10.2 Å². The van der Waals surface area contributed by atoms with Crippen LogP contribution in [0.2, 0.25) is 0 Å². The number of aromatic nitrogens is 2. The van der Waals surface area contributed by atoms with Crippen molar-refractivity contribution in [2.45, 2.75) is 18.4 Å². The lowest BCUT2D eigenvalue weighted by atomic mass is 10.1. The van der Waals surface area contributed by atoms with Crippen molar-refractivity contribution in [3.8, 4) is 0 Å². The highest BCUT2D eigenvalue weighted by Gasteiger charge is 2.20. The number of hydrogen-bond donors (Lipinski definition) is 2. The molecule has 1 aliphatic rings. The van der Waals surface area contributed by atoms with Crippen LogP contribution in [0.1, 0.15) is 11.1 Å². The molecular formula is C23H26N6O2S2. The predicted molar refractivity (Wildman–Crippen MR) is 134 cm³/mol. The minimum atomic E-state index is -3.77. The Morgan fingerprint density at radius 3 is 2.24 bits per heavy atom. The van der Waals surface area contributed by atoms with Gasteiger partial charge in [0.1, 0.15) is 0 Å². The smallest absolute Gasteiger partial charge is 0.264 e. The van der Waals surface area contributed by atoms with E-state index in [4.69, 9.17) is 12.2 Å². The van der Waals surface area contributed by atoms with E-state index in [1.54, 1.807) is 18.2 Å². The second-order valence-electron chi connectivity index (χ2n) is 7.88. The molecule has 2 N–H and O–H groups in total. The van der Waals surface area contributed by atoms with Gasteiger partial charge in [-0.05, 0) is 55.0 Å².